The summed E-state index contributed by atoms with van der Waals surface area (Å²) in [6.07, 6.45) is 0. The van der Waals surface area contributed by atoms with Crippen LogP contribution in [0.25, 0.3) is 20.8 Å². The predicted molar refractivity (Wildman–Crippen MR) is 120 cm³/mol. The SMILES string of the molecule is CNCC(=O)Nc1c(C(=O)Nc2ccccc2)sc2nc(-c3cccs3)ccc12. The van der Waals surface area contributed by atoms with Gasteiger partial charge in [0.2, 0.25) is 5.91 Å². The zero-order chi connectivity index (χ0) is 20.2. The van der Waals surface area contributed by atoms with E-state index in [1.807, 2.05) is 60.0 Å². The number of hydrogen-bond acceptors (Lipinski definition) is 6. The highest BCUT2D eigenvalue weighted by Gasteiger charge is 2.21. The fourth-order valence-electron chi connectivity index (χ4n) is 2.88. The average molecular weight is 423 g/mol. The van der Waals surface area contributed by atoms with Crippen LogP contribution in [0.15, 0.2) is 60.0 Å². The van der Waals surface area contributed by atoms with E-state index in [1.54, 1.807) is 18.4 Å². The Hall–Kier alpha value is -3.07. The maximum absolute atomic E-state index is 13.0. The Bertz CT molecular complexity index is 1150. The van der Waals surface area contributed by atoms with Crippen LogP contribution in [0.5, 0.6) is 0 Å². The van der Waals surface area contributed by atoms with Crippen LogP contribution in [0.1, 0.15) is 9.67 Å². The fourth-order valence-corrected chi connectivity index (χ4v) is 4.60. The van der Waals surface area contributed by atoms with Crippen LogP contribution in [0.4, 0.5) is 11.4 Å². The Morgan fingerprint density at radius 3 is 2.55 bits per heavy atom. The number of nitrogens with one attached hydrogen (secondary N) is 3. The molecule has 0 fully saturated rings. The van der Waals surface area contributed by atoms with Crippen molar-refractivity contribution in [3.05, 3.63) is 64.9 Å². The van der Waals surface area contributed by atoms with E-state index in [0.29, 0.717) is 21.1 Å². The Morgan fingerprint density at radius 2 is 1.83 bits per heavy atom. The average Bonchev–Trinajstić information content (AvgIpc) is 3.37. The number of likely N-dealkylation sites (N-methyl/N-ethyl adjacent to an activating group) is 1. The molecule has 0 atom stereocenters. The van der Waals surface area contributed by atoms with E-state index >= 15 is 0 Å². The van der Waals surface area contributed by atoms with Gasteiger partial charge in [0, 0.05) is 11.1 Å². The standard InChI is InChI=1S/C21H18N4O2S2/c1-22-12-17(26)25-18-14-9-10-15(16-8-5-11-28-16)24-21(14)29-19(18)20(27)23-13-6-3-2-4-7-13/h2-11,22H,12H2,1H3,(H,23,27)(H,25,26). The van der Waals surface area contributed by atoms with Gasteiger partial charge in [-0.3, -0.25) is 9.59 Å². The molecule has 0 spiro atoms. The van der Waals surface area contributed by atoms with Crippen LogP contribution in [-0.4, -0.2) is 30.4 Å². The molecule has 0 saturated carbocycles. The molecule has 0 radical (unpaired) electrons. The first-order valence-corrected chi connectivity index (χ1v) is 10.6. The highest BCUT2D eigenvalue weighted by Crippen LogP contribution is 2.37. The number of carbonyl (C=O) groups is 2. The summed E-state index contributed by atoms with van der Waals surface area (Å²) < 4.78 is 0. The van der Waals surface area contributed by atoms with Crippen molar-refractivity contribution in [2.24, 2.45) is 0 Å². The number of aromatic nitrogens is 1. The molecule has 4 rings (SSSR count). The van der Waals surface area contributed by atoms with Crippen LogP contribution in [0, 0.1) is 0 Å². The third-order valence-electron chi connectivity index (χ3n) is 4.17. The minimum atomic E-state index is -0.281. The van der Waals surface area contributed by atoms with Crippen LogP contribution in [0.2, 0.25) is 0 Å². The maximum atomic E-state index is 13.0. The molecule has 0 aliphatic rings. The lowest BCUT2D eigenvalue weighted by molar-refractivity contribution is -0.115. The van der Waals surface area contributed by atoms with Crippen molar-refractivity contribution in [2.45, 2.75) is 0 Å². The molecule has 0 saturated heterocycles. The van der Waals surface area contributed by atoms with Crippen molar-refractivity contribution in [3.63, 3.8) is 0 Å². The zero-order valence-electron chi connectivity index (χ0n) is 15.6. The predicted octanol–water partition coefficient (Wildman–Crippen LogP) is 4.44. The van der Waals surface area contributed by atoms with Crippen LogP contribution in [0.3, 0.4) is 0 Å². The lowest BCUT2D eigenvalue weighted by Gasteiger charge is -2.08. The van der Waals surface area contributed by atoms with E-state index in [0.717, 1.165) is 16.0 Å². The molecule has 4 aromatic rings. The van der Waals surface area contributed by atoms with Crippen molar-refractivity contribution in [1.82, 2.24) is 10.3 Å². The summed E-state index contributed by atoms with van der Waals surface area (Å²) in [6, 6.07) is 17.0. The number of nitrogens with zero attached hydrogens (tertiary/aromatic N) is 1. The Morgan fingerprint density at radius 1 is 1.00 bits per heavy atom. The summed E-state index contributed by atoms with van der Waals surface area (Å²) in [6.45, 7) is 0.151. The molecule has 6 nitrogen and oxygen atoms in total. The van der Waals surface area contributed by atoms with Crippen LogP contribution in [-0.2, 0) is 4.79 Å². The van der Waals surface area contributed by atoms with Crippen molar-refractivity contribution in [1.29, 1.82) is 0 Å². The smallest absolute Gasteiger partial charge is 0.267 e. The quantitative estimate of drug-likeness (QED) is 0.429. The number of hydrogen-bond donors (Lipinski definition) is 3. The van der Waals surface area contributed by atoms with Gasteiger partial charge in [0.25, 0.3) is 5.91 Å². The number of pyridine rings is 1. The number of anilines is 2. The second kappa shape index (κ2) is 8.52. The molecule has 3 heterocycles. The van der Waals surface area contributed by atoms with Gasteiger partial charge in [0.15, 0.2) is 0 Å². The molecule has 29 heavy (non-hydrogen) atoms. The summed E-state index contributed by atoms with van der Waals surface area (Å²) in [5, 5.41) is 11.3. The molecule has 1 aromatic carbocycles. The molecule has 0 unspecified atom stereocenters. The molecule has 2 amide bonds. The topological polar surface area (TPSA) is 83.1 Å². The zero-order valence-corrected chi connectivity index (χ0v) is 17.2. The molecule has 146 valence electrons. The number of fused-ring (bicyclic) bond motifs is 1. The molecular weight excluding hydrogens is 404 g/mol. The summed E-state index contributed by atoms with van der Waals surface area (Å²) in [5.74, 6) is -0.500. The van der Waals surface area contributed by atoms with Crippen molar-refractivity contribution < 1.29 is 9.59 Å². The first kappa shape index (κ1) is 19.3. The number of benzene rings is 1. The van der Waals surface area contributed by atoms with Gasteiger partial charge in [-0.1, -0.05) is 24.3 Å². The van der Waals surface area contributed by atoms with E-state index in [1.165, 1.54) is 11.3 Å². The third kappa shape index (κ3) is 4.19. The minimum Gasteiger partial charge on any atom is -0.323 e. The second-order valence-corrected chi connectivity index (χ2v) is 8.18. The van der Waals surface area contributed by atoms with E-state index in [9.17, 15) is 9.59 Å². The van der Waals surface area contributed by atoms with Crippen molar-refractivity contribution in [3.8, 4) is 10.6 Å². The summed E-state index contributed by atoms with van der Waals surface area (Å²) in [4.78, 5) is 32.1. The van der Waals surface area contributed by atoms with Gasteiger partial charge in [0.05, 0.1) is 22.8 Å². The highest BCUT2D eigenvalue weighted by molar-refractivity contribution is 7.21. The van der Waals surface area contributed by atoms with E-state index in [-0.39, 0.29) is 18.4 Å². The van der Waals surface area contributed by atoms with E-state index in [4.69, 9.17) is 4.98 Å². The van der Waals surface area contributed by atoms with Gasteiger partial charge < -0.3 is 16.0 Å². The first-order valence-electron chi connectivity index (χ1n) is 8.94. The lowest BCUT2D eigenvalue weighted by atomic mass is 10.2. The summed E-state index contributed by atoms with van der Waals surface area (Å²) >= 11 is 2.87. The molecular formula is C21H18N4O2S2. The molecule has 8 heteroatoms. The summed E-state index contributed by atoms with van der Waals surface area (Å²) in [7, 11) is 1.70. The summed E-state index contributed by atoms with van der Waals surface area (Å²) in [5.41, 5.74) is 2.02. The van der Waals surface area contributed by atoms with E-state index in [2.05, 4.69) is 16.0 Å². The Kier molecular flexibility index (Phi) is 5.66. The largest absolute Gasteiger partial charge is 0.323 e. The van der Waals surface area contributed by atoms with E-state index < -0.39 is 0 Å². The Labute approximate surface area is 175 Å². The number of carbonyl (C=O) groups excluding carboxylic acids is 2. The van der Waals surface area contributed by atoms with Crippen molar-refractivity contribution >= 4 is 56.1 Å². The Balaban J connectivity index is 1.75. The molecule has 0 aliphatic heterocycles. The first-order chi connectivity index (χ1) is 14.2. The normalized spacial score (nSPS) is 10.8. The van der Waals surface area contributed by atoms with Gasteiger partial charge in [-0.2, -0.15) is 0 Å². The van der Waals surface area contributed by atoms with Gasteiger partial charge in [-0.25, -0.2) is 4.98 Å². The molecule has 0 bridgehead atoms. The van der Waals surface area contributed by atoms with Gasteiger partial charge in [-0.05, 0) is 42.8 Å². The highest BCUT2D eigenvalue weighted by atomic mass is 32.1. The number of para-hydroxylation sites is 1. The minimum absolute atomic E-state index is 0.151. The number of amides is 2. The van der Waals surface area contributed by atoms with Crippen LogP contribution < -0.4 is 16.0 Å². The lowest BCUT2D eigenvalue weighted by Crippen LogP contribution is -2.26. The monoisotopic (exact) mass is 422 g/mol. The van der Waals surface area contributed by atoms with Gasteiger partial charge >= 0.3 is 0 Å². The molecule has 0 aliphatic carbocycles. The number of thiophene rings is 2. The van der Waals surface area contributed by atoms with Crippen molar-refractivity contribution in [2.75, 3.05) is 24.2 Å². The second-order valence-electron chi connectivity index (χ2n) is 6.23. The number of rotatable bonds is 6. The van der Waals surface area contributed by atoms with Gasteiger partial charge in [-0.15, -0.1) is 22.7 Å². The van der Waals surface area contributed by atoms with Crippen LogP contribution >= 0.6 is 22.7 Å². The molecule has 3 aromatic heterocycles. The van der Waals surface area contributed by atoms with Gasteiger partial charge in [0.1, 0.15) is 9.71 Å². The molecule has 3 N–H and O–H groups in total. The fraction of sp³-hybridized carbons (Fsp3) is 0.0952. The third-order valence-corrected chi connectivity index (χ3v) is 6.16. The maximum Gasteiger partial charge on any atom is 0.267 e.